The van der Waals surface area contributed by atoms with Crippen molar-refractivity contribution in [2.24, 2.45) is 0 Å². The standard InChI is InChI=1S/C21H29N5O3/c1-5-7-18-22-14(3)19-21(28)23-20(24-26(18)19)16-12-15(13-25(4)10-11-27)8-9-17(16)29-6-2/h8-9,12,27H,5-7,10-11,13H2,1-4H3,(H,23,24,28). The van der Waals surface area contributed by atoms with Crippen molar-refractivity contribution in [3.63, 3.8) is 0 Å². The second-order valence-electron chi connectivity index (χ2n) is 7.15. The van der Waals surface area contributed by atoms with Crippen LogP contribution in [0, 0.1) is 6.92 Å². The van der Waals surface area contributed by atoms with Crippen LogP contribution >= 0.6 is 0 Å². The van der Waals surface area contributed by atoms with Crippen LogP contribution in [0.4, 0.5) is 0 Å². The molecular weight excluding hydrogens is 370 g/mol. The molecule has 3 aromatic rings. The van der Waals surface area contributed by atoms with Crippen molar-refractivity contribution in [2.75, 3.05) is 26.8 Å². The summed E-state index contributed by atoms with van der Waals surface area (Å²) >= 11 is 0. The zero-order valence-corrected chi connectivity index (χ0v) is 17.5. The van der Waals surface area contributed by atoms with Crippen molar-refractivity contribution < 1.29 is 9.84 Å². The van der Waals surface area contributed by atoms with Gasteiger partial charge in [0.1, 0.15) is 11.6 Å². The van der Waals surface area contributed by atoms with Gasteiger partial charge in [-0.15, -0.1) is 5.10 Å². The fourth-order valence-corrected chi connectivity index (χ4v) is 3.45. The van der Waals surface area contributed by atoms with Crippen LogP contribution in [0.2, 0.25) is 0 Å². The Morgan fingerprint density at radius 1 is 1.31 bits per heavy atom. The van der Waals surface area contributed by atoms with Gasteiger partial charge in [0.25, 0.3) is 5.56 Å². The molecule has 0 aliphatic heterocycles. The third kappa shape index (κ3) is 4.49. The first-order chi connectivity index (χ1) is 14.0. The summed E-state index contributed by atoms with van der Waals surface area (Å²) in [5, 5.41) is 13.9. The Hall–Kier alpha value is -2.71. The van der Waals surface area contributed by atoms with Gasteiger partial charge in [0.2, 0.25) is 0 Å². The lowest BCUT2D eigenvalue weighted by molar-refractivity contribution is 0.217. The first-order valence-electron chi connectivity index (χ1n) is 10.0. The summed E-state index contributed by atoms with van der Waals surface area (Å²) in [6.07, 6.45) is 1.66. The summed E-state index contributed by atoms with van der Waals surface area (Å²) < 4.78 is 7.45. The molecule has 1 aromatic carbocycles. The second-order valence-corrected chi connectivity index (χ2v) is 7.15. The van der Waals surface area contributed by atoms with Crippen LogP contribution in [-0.2, 0) is 13.0 Å². The molecule has 29 heavy (non-hydrogen) atoms. The summed E-state index contributed by atoms with van der Waals surface area (Å²) in [6.45, 7) is 7.68. The van der Waals surface area contributed by atoms with Crippen molar-refractivity contribution in [3.8, 4) is 17.1 Å². The number of hydrogen-bond donors (Lipinski definition) is 2. The van der Waals surface area contributed by atoms with Gasteiger partial charge in [-0.1, -0.05) is 13.0 Å². The van der Waals surface area contributed by atoms with E-state index < -0.39 is 0 Å². The number of aliphatic hydroxyl groups is 1. The van der Waals surface area contributed by atoms with E-state index in [-0.39, 0.29) is 12.2 Å². The average molecular weight is 399 g/mol. The molecule has 0 aliphatic carbocycles. The number of aromatic nitrogens is 4. The summed E-state index contributed by atoms with van der Waals surface area (Å²) in [5.74, 6) is 1.90. The van der Waals surface area contributed by atoms with Crippen molar-refractivity contribution in [1.29, 1.82) is 0 Å². The Morgan fingerprint density at radius 2 is 2.10 bits per heavy atom. The van der Waals surface area contributed by atoms with Gasteiger partial charge in [0.15, 0.2) is 11.3 Å². The first-order valence-corrected chi connectivity index (χ1v) is 10.0. The normalized spacial score (nSPS) is 11.5. The summed E-state index contributed by atoms with van der Waals surface area (Å²) in [4.78, 5) is 22.3. The van der Waals surface area contributed by atoms with Crippen LogP contribution in [0.25, 0.3) is 16.9 Å². The molecule has 0 fully saturated rings. The molecule has 8 heteroatoms. The van der Waals surface area contributed by atoms with E-state index >= 15 is 0 Å². The topological polar surface area (TPSA) is 95.8 Å². The van der Waals surface area contributed by atoms with E-state index in [1.807, 2.05) is 44.0 Å². The molecule has 0 unspecified atom stereocenters. The molecule has 3 rings (SSSR count). The van der Waals surface area contributed by atoms with Gasteiger partial charge in [-0.2, -0.15) is 0 Å². The smallest absolute Gasteiger partial charge is 0.277 e. The summed E-state index contributed by atoms with van der Waals surface area (Å²) in [5.41, 5.74) is 2.71. The highest BCUT2D eigenvalue weighted by atomic mass is 16.5. The predicted molar refractivity (Wildman–Crippen MR) is 112 cm³/mol. The quantitative estimate of drug-likeness (QED) is 0.573. The second kappa shape index (κ2) is 9.19. The van der Waals surface area contributed by atoms with E-state index in [0.717, 1.165) is 29.8 Å². The molecule has 2 heterocycles. The highest BCUT2D eigenvalue weighted by Gasteiger charge is 2.17. The zero-order chi connectivity index (χ0) is 21.0. The van der Waals surface area contributed by atoms with Crippen molar-refractivity contribution >= 4 is 5.52 Å². The number of H-pyrrole nitrogens is 1. The predicted octanol–water partition coefficient (Wildman–Crippen LogP) is 2.17. The SMILES string of the molecule is CCCc1nc(C)c2c(=O)[nH]c(-c3cc(CN(C)CCO)ccc3OCC)nn12. The number of nitrogens with zero attached hydrogens (tertiary/aromatic N) is 4. The Kier molecular flexibility index (Phi) is 6.66. The molecule has 0 radical (unpaired) electrons. The third-order valence-electron chi connectivity index (χ3n) is 4.75. The van der Waals surface area contributed by atoms with Crippen LogP contribution in [0.15, 0.2) is 23.0 Å². The summed E-state index contributed by atoms with van der Waals surface area (Å²) in [6, 6.07) is 5.87. The minimum atomic E-state index is -0.215. The lowest BCUT2D eigenvalue weighted by atomic mass is 10.1. The maximum Gasteiger partial charge on any atom is 0.277 e. The molecule has 2 aromatic heterocycles. The molecule has 0 amide bonds. The van der Waals surface area contributed by atoms with E-state index in [9.17, 15) is 4.79 Å². The number of aromatic amines is 1. The minimum Gasteiger partial charge on any atom is -0.493 e. The van der Waals surface area contributed by atoms with Gasteiger partial charge in [0.05, 0.1) is 24.5 Å². The number of ether oxygens (including phenoxy) is 1. The third-order valence-corrected chi connectivity index (χ3v) is 4.75. The van der Waals surface area contributed by atoms with Crippen LogP contribution in [0.1, 0.15) is 37.4 Å². The number of benzene rings is 1. The van der Waals surface area contributed by atoms with Crippen molar-refractivity contribution in [2.45, 2.75) is 40.2 Å². The van der Waals surface area contributed by atoms with Crippen LogP contribution in [-0.4, -0.2) is 56.4 Å². The maximum absolute atomic E-state index is 12.8. The van der Waals surface area contributed by atoms with Crippen molar-refractivity contribution in [1.82, 2.24) is 24.5 Å². The Balaban J connectivity index is 2.13. The maximum atomic E-state index is 12.8. The van der Waals surface area contributed by atoms with Gasteiger partial charge in [-0.05, 0) is 45.0 Å². The Bertz CT molecular complexity index is 1040. The number of nitrogens with one attached hydrogen (secondary N) is 1. The molecule has 0 bridgehead atoms. The lowest BCUT2D eigenvalue weighted by Crippen LogP contribution is -2.21. The monoisotopic (exact) mass is 399 g/mol. The number of hydrogen-bond acceptors (Lipinski definition) is 6. The highest BCUT2D eigenvalue weighted by molar-refractivity contribution is 5.66. The molecular formula is C21H29N5O3. The molecule has 8 nitrogen and oxygen atoms in total. The molecule has 156 valence electrons. The molecule has 2 N–H and O–H groups in total. The molecule has 0 saturated carbocycles. The minimum absolute atomic E-state index is 0.103. The number of aliphatic hydroxyl groups excluding tert-OH is 1. The van der Waals surface area contributed by atoms with E-state index in [4.69, 9.17) is 14.9 Å². The number of imidazole rings is 1. The first kappa shape index (κ1) is 21.0. The van der Waals surface area contributed by atoms with Crippen LogP contribution < -0.4 is 10.3 Å². The van der Waals surface area contributed by atoms with E-state index in [1.165, 1.54) is 0 Å². The average Bonchev–Trinajstić information content (AvgIpc) is 2.99. The molecule has 0 spiro atoms. The summed E-state index contributed by atoms with van der Waals surface area (Å²) in [7, 11) is 1.95. The van der Waals surface area contributed by atoms with Gasteiger partial charge in [-0.3, -0.25) is 9.69 Å². The highest BCUT2D eigenvalue weighted by Crippen LogP contribution is 2.29. The van der Waals surface area contributed by atoms with Crippen LogP contribution in [0.5, 0.6) is 5.75 Å². The fraction of sp³-hybridized carbons (Fsp3) is 0.476. The molecule has 0 saturated heterocycles. The van der Waals surface area contributed by atoms with E-state index in [0.29, 0.717) is 42.5 Å². The lowest BCUT2D eigenvalue weighted by Gasteiger charge is -2.17. The molecule has 0 aliphatic rings. The Morgan fingerprint density at radius 3 is 2.79 bits per heavy atom. The fourth-order valence-electron chi connectivity index (χ4n) is 3.45. The van der Waals surface area contributed by atoms with Gasteiger partial charge < -0.3 is 14.8 Å². The number of likely N-dealkylation sites (N-methyl/N-ethyl adjacent to an activating group) is 1. The van der Waals surface area contributed by atoms with E-state index in [1.54, 1.807) is 4.52 Å². The largest absolute Gasteiger partial charge is 0.493 e. The molecule has 0 atom stereocenters. The number of rotatable bonds is 9. The van der Waals surface area contributed by atoms with Crippen LogP contribution in [0.3, 0.4) is 0 Å². The zero-order valence-electron chi connectivity index (χ0n) is 17.5. The van der Waals surface area contributed by atoms with Crippen molar-refractivity contribution in [3.05, 3.63) is 45.6 Å². The van der Waals surface area contributed by atoms with Gasteiger partial charge in [0, 0.05) is 19.5 Å². The van der Waals surface area contributed by atoms with Gasteiger partial charge in [-0.25, -0.2) is 9.50 Å². The number of aryl methyl sites for hydroxylation is 2. The Labute approximate surface area is 170 Å². The van der Waals surface area contributed by atoms with Gasteiger partial charge >= 0.3 is 0 Å². The number of fused-ring (bicyclic) bond motifs is 1. The van der Waals surface area contributed by atoms with E-state index in [2.05, 4.69) is 16.9 Å².